The molecule has 6 heteroatoms. The molecule has 0 saturated heterocycles. The lowest BCUT2D eigenvalue weighted by molar-refractivity contribution is 0.102. The zero-order chi connectivity index (χ0) is 17.2. The van der Waals surface area contributed by atoms with Crippen LogP contribution in [0.3, 0.4) is 0 Å². The van der Waals surface area contributed by atoms with Crippen molar-refractivity contribution in [2.75, 3.05) is 5.32 Å². The highest BCUT2D eigenvalue weighted by Crippen LogP contribution is 2.24. The molecule has 25 heavy (non-hydrogen) atoms. The molecule has 1 amide bonds. The van der Waals surface area contributed by atoms with Gasteiger partial charge in [0, 0.05) is 15.6 Å². The summed E-state index contributed by atoms with van der Waals surface area (Å²) in [4.78, 5) is 12.4. The van der Waals surface area contributed by atoms with Crippen LogP contribution in [0.4, 0.5) is 6.01 Å². The molecule has 1 aliphatic carbocycles. The molecule has 4 rings (SSSR count). The number of benzene rings is 2. The van der Waals surface area contributed by atoms with Crippen LogP contribution in [0, 0.1) is 0 Å². The molecule has 1 aromatic heterocycles. The molecule has 126 valence electrons. The van der Waals surface area contributed by atoms with Crippen LogP contribution in [0.15, 0.2) is 51.4 Å². The molecule has 0 saturated carbocycles. The van der Waals surface area contributed by atoms with Gasteiger partial charge in [-0.25, -0.2) is 0 Å². The van der Waals surface area contributed by atoms with Crippen molar-refractivity contribution in [3.8, 4) is 11.5 Å². The molecule has 5 nitrogen and oxygen atoms in total. The van der Waals surface area contributed by atoms with E-state index in [2.05, 4.69) is 31.4 Å². The van der Waals surface area contributed by atoms with Gasteiger partial charge in [0.1, 0.15) is 0 Å². The SMILES string of the molecule is O=C(Nc1nnc(-c2ccc(Br)cc2)o1)c1ccc2c(c1)CCCC2. The molecular weight excluding hydrogens is 382 g/mol. The van der Waals surface area contributed by atoms with Gasteiger partial charge in [-0.15, -0.1) is 5.10 Å². The molecule has 3 aromatic rings. The molecule has 2 aromatic carbocycles. The Bertz CT molecular complexity index is 919. The molecule has 0 unspecified atom stereocenters. The predicted molar refractivity (Wildman–Crippen MR) is 98.5 cm³/mol. The fourth-order valence-electron chi connectivity index (χ4n) is 3.03. The third kappa shape index (κ3) is 3.49. The fraction of sp³-hybridized carbons (Fsp3) is 0.211. The molecular formula is C19H16BrN3O2. The van der Waals surface area contributed by atoms with Crippen molar-refractivity contribution in [3.63, 3.8) is 0 Å². The number of amides is 1. The van der Waals surface area contributed by atoms with E-state index in [0.29, 0.717) is 11.5 Å². The van der Waals surface area contributed by atoms with Gasteiger partial charge in [0.05, 0.1) is 0 Å². The predicted octanol–water partition coefficient (Wildman–Crippen LogP) is 4.63. The summed E-state index contributed by atoms with van der Waals surface area (Å²) in [5, 5.41) is 10.6. The number of rotatable bonds is 3. The summed E-state index contributed by atoms with van der Waals surface area (Å²) in [6, 6.07) is 13.5. The number of halogens is 1. The van der Waals surface area contributed by atoms with E-state index >= 15 is 0 Å². The molecule has 1 aliphatic rings. The van der Waals surface area contributed by atoms with Gasteiger partial charge >= 0.3 is 6.01 Å². The number of aromatic nitrogens is 2. The Labute approximate surface area is 153 Å². The van der Waals surface area contributed by atoms with Crippen molar-refractivity contribution in [2.24, 2.45) is 0 Å². The Morgan fingerprint density at radius 3 is 2.56 bits per heavy atom. The van der Waals surface area contributed by atoms with Crippen LogP contribution in [0.5, 0.6) is 0 Å². The lowest BCUT2D eigenvalue weighted by Gasteiger charge is -2.16. The van der Waals surface area contributed by atoms with E-state index in [-0.39, 0.29) is 11.9 Å². The van der Waals surface area contributed by atoms with Crippen molar-refractivity contribution in [1.29, 1.82) is 0 Å². The number of anilines is 1. The maximum atomic E-state index is 12.4. The van der Waals surface area contributed by atoms with Crippen LogP contribution in [-0.4, -0.2) is 16.1 Å². The van der Waals surface area contributed by atoms with Crippen LogP contribution in [0.2, 0.25) is 0 Å². The van der Waals surface area contributed by atoms with Gasteiger partial charge in [-0.3, -0.25) is 10.1 Å². The summed E-state index contributed by atoms with van der Waals surface area (Å²) in [6.45, 7) is 0. The first-order valence-corrected chi connectivity index (χ1v) is 9.01. The maximum absolute atomic E-state index is 12.4. The fourth-order valence-corrected chi connectivity index (χ4v) is 3.29. The zero-order valence-electron chi connectivity index (χ0n) is 13.5. The summed E-state index contributed by atoms with van der Waals surface area (Å²) in [6.07, 6.45) is 4.53. The zero-order valence-corrected chi connectivity index (χ0v) is 15.0. The van der Waals surface area contributed by atoms with Gasteiger partial charge in [0.25, 0.3) is 5.91 Å². The molecule has 1 N–H and O–H groups in total. The topological polar surface area (TPSA) is 68.0 Å². The minimum Gasteiger partial charge on any atom is -0.403 e. The second-order valence-electron chi connectivity index (χ2n) is 6.06. The monoisotopic (exact) mass is 397 g/mol. The summed E-state index contributed by atoms with van der Waals surface area (Å²) in [7, 11) is 0. The lowest BCUT2D eigenvalue weighted by atomic mass is 9.90. The average molecular weight is 398 g/mol. The second kappa shape index (κ2) is 6.80. The van der Waals surface area contributed by atoms with E-state index in [0.717, 1.165) is 22.9 Å². The standard InChI is InChI=1S/C19H16BrN3O2/c20-16-9-7-13(8-10-16)18-22-23-19(25-18)21-17(24)15-6-5-12-3-1-2-4-14(12)11-15/h5-11H,1-4H2,(H,21,23,24). The second-order valence-corrected chi connectivity index (χ2v) is 6.98. The van der Waals surface area contributed by atoms with Crippen molar-refractivity contribution in [3.05, 3.63) is 63.6 Å². The van der Waals surface area contributed by atoms with Gasteiger partial charge in [-0.2, -0.15) is 0 Å². The number of carbonyl (C=O) groups is 1. The molecule has 0 spiro atoms. The maximum Gasteiger partial charge on any atom is 0.322 e. The van der Waals surface area contributed by atoms with Crippen molar-refractivity contribution < 1.29 is 9.21 Å². The lowest BCUT2D eigenvalue weighted by Crippen LogP contribution is -2.13. The van der Waals surface area contributed by atoms with Crippen LogP contribution >= 0.6 is 15.9 Å². The number of hydrogen-bond donors (Lipinski definition) is 1. The molecule has 0 bridgehead atoms. The Kier molecular flexibility index (Phi) is 4.36. The van der Waals surface area contributed by atoms with E-state index in [1.165, 1.54) is 24.0 Å². The van der Waals surface area contributed by atoms with Crippen molar-refractivity contribution in [2.45, 2.75) is 25.7 Å². The highest BCUT2D eigenvalue weighted by Gasteiger charge is 2.15. The van der Waals surface area contributed by atoms with Crippen molar-refractivity contribution >= 4 is 27.9 Å². The van der Waals surface area contributed by atoms with Crippen LogP contribution in [-0.2, 0) is 12.8 Å². The van der Waals surface area contributed by atoms with Gasteiger partial charge < -0.3 is 4.42 Å². The molecule has 0 atom stereocenters. The molecule has 0 fully saturated rings. The minimum atomic E-state index is -0.237. The molecule has 0 aliphatic heterocycles. The number of carbonyl (C=O) groups excluding carboxylic acids is 1. The number of aryl methyl sites for hydroxylation is 2. The minimum absolute atomic E-state index is 0.0978. The largest absolute Gasteiger partial charge is 0.403 e. The third-order valence-electron chi connectivity index (χ3n) is 4.35. The van der Waals surface area contributed by atoms with E-state index in [9.17, 15) is 4.79 Å². The van der Waals surface area contributed by atoms with Gasteiger partial charge in [-0.1, -0.05) is 27.1 Å². The van der Waals surface area contributed by atoms with E-state index in [1.54, 1.807) is 0 Å². The Balaban J connectivity index is 1.50. The quantitative estimate of drug-likeness (QED) is 0.699. The summed E-state index contributed by atoms with van der Waals surface area (Å²) < 4.78 is 6.51. The molecule has 0 radical (unpaired) electrons. The normalized spacial score (nSPS) is 13.3. The summed E-state index contributed by atoms with van der Waals surface area (Å²) in [5.41, 5.74) is 4.02. The number of nitrogens with zero attached hydrogens (tertiary/aromatic N) is 2. The van der Waals surface area contributed by atoms with E-state index in [4.69, 9.17) is 4.42 Å². The average Bonchev–Trinajstić information content (AvgIpc) is 3.10. The number of hydrogen-bond acceptors (Lipinski definition) is 4. The third-order valence-corrected chi connectivity index (χ3v) is 4.88. The molecule has 1 heterocycles. The summed E-state index contributed by atoms with van der Waals surface area (Å²) in [5.74, 6) is 0.132. The first kappa shape index (κ1) is 16.0. The Hall–Kier alpha value is -2.47. The van der Waals surface area contributed by atoms with Crippen LogP contribution in [0.25, 0.3) is 11.5 Å². The summed E-state index contributed by atoms with van der Waals surface area (Å²) >= 11 is 3.38. The Morgan fingerprint density at radius 2 is 1.76 bits per heavy atom. The van der Waals surface area contributed by atoms with Crippen LogP contribution in [0.1, 0.15) is 34.3 Å². The van der Waals surface area contributed by atoms with Crippen LogP contribution < -0.4 is 5.32 Å². The van der Waals surface area contributed by atoms with E-state index in [1.807, 2.05) is 42.5 Å². The van der Waals surface area contributed by atoms with Gasteiger partial charge in [0.2, 0.25) is 5.89 Å². The van der Waals surface area contributed by atoms with Gasteiger partial charge in [0.15, 0.2) is 0 Å². The number of fused-ring (bicyclic) bond motifs is 1. The first-order chi connectivity index (χ1) is 12.2. The highest BCUT2D eigenvalue weighted by atomic mass is 79.9. The first-order valence-electron chi connectivity index (χ1n) is 8.22. The van der Waals surface area contributed by atoms with E-state index < -0.39 is 0 Å². The number of nitrogens with one attached hydrogen (secondary N) is 1. The smallest absolute Gasteiger partial charge is 0.322 e. The van der Waals surface area contributed by atoms with Crippen molar-refractivity contribution in [1.82, 2.24) is 10.2 Å². The van der Waals surface area contributed by atoms with Gasteiger partial charge in [-0.05, 0) is 73.2 Å². The highest BCUT2D eigenvalue weighted by molar-refractivity contribution is 9.10. The Morgan fingerprint density at radius 1 is 1.00 bits per heavy atom.